The minimum atomic E-state index is -0.103. The van der Waals surface area contributed by atoms with Gasteiger partial charge in [0.2, 0.25) is 5.91 Å². The lowest BCUT2D eigenvalue weighted by molar-refractivity contribution is -0.130. The molecule has 0 bridgehead atoms. The summed E-state index contributed by atoms with van der Waals surface area (Å²) in [6, 6.07) is 1.62. The number of anilines is 1. The zero-order chi connectivity index (χ0) is 16.9. The number of aromatic nitrogens is 2. The highest BCUT2D eigenvalue weighted by atomic mass is 16.7. The molecule has 0 spiro atoms. The van der Waals surface area contributed by atoms with Crippen molar-refractivity contribution < 1.29 is 9.63 Å². The highest BCUT2D eigenvalue weighted by Crippen LogP contribution is 2.21. The molecule has 1 aromatic heterocycles. The topological polar surface area (TPSA) is 79.7 Å². The summed E-state index contributed by atoms with van der Waals surface area (Å²) in [5.74, 6) is 0.472. The van der Waals surface area contributed by atoms with Gasteiger partial charge in [-0.05, 0) is 18.8 Å². The number of aryl methyl sites for hydroxylation is 1. The van der Waals surface area contributed by atoms with Gasteiger partial charge in [-0.25, -0.2) is 4.68 Å². The van der Waals surface area contributed by atoms with Crippen molar-refractivity contribution in [3.05, 3.63) is 22.6 Å². The molecule has 2 aliphatic rings. The van der Waals surface area contributed by atoms with Crippen LogP contribution in [-0.2, 0) is 16.7 Å². The Morgan fingerprint density at radius 2 is 2.33 bits per heavy atom. The van der Waals surface area contributed by atoms with Gasteiger partial charge in [0.15, 0.2) is 0 Å². The predicted octanol–water partition coefficient (Wildman–Crippen LogP) is -0.250. The molecule has 2 fully saturated rings. The number of rotatable bonds is 6. The van der Waals surface area contributed by atoms with Crippen molar-refractivity contribution in [2.75, 3.05) is 44.2 Å². The van der Waals surface area contributed by atoms with Crippen molar-refractivity contribution in [3.63, 3.8) is 0 Å². The largest absolute Gasteiger partial charge is 0.370 e. The maximum Gasteiger partial charge on any atom is 0.268 e. The van der Waals surface area contributed by atoms with Gasteiger partial charge in [0.05, 0.1) is 18.5 Å². The van der Waals surface area contributed by atoms with E-state index in [9.17, 15) is 9.59 Å². The average Bonchev–Trinajstić information content (AvgIpc) is 3.25. The van der Waals surface area contributed by atoms with Gasteiger partial charge in [-0.15, -0.1) is 0 Å². The molecule has 2 aliphatic heterocycles. The van der Waals surface area contributed by atoms with Gasteiger partial charge >= 0.3 is 0 Å². The second-order valence-electron chi connectivity index (χ2n) is 6.45. The number of carbonyl (C=O) groups excluding carboxylic acids is 1. The van der Waals surface area contributed by atoms with Gasteiger partial charge < -0.3 is 10.2 Å². The fraction of sp³-hybridized carbons (Fsp3) is 0.688. The summed E-state index contributed by atoms with van der Waals surface area (Å²) in [4.78, 5) is 31.1. The predicted molar refractivity (Wildman–Crippen MR) is 89.6 cm³/mol. The van der Waals surface area contributed by atoms with Crippen LogP contribution < -0.4 is 15.8 Å². The third kappa shape index (κ3) is 4.33. The molecule has 2 saturated heterocycles. The summed E-state index contributed by atoms with van der Waals surface area (Å²) in [6.07, 6.45) is 4.23. The quantitative estimate of drug-likeness (QED) is 0.772. The zero-order valence-electron chi connectivity index (χ0n) is 14.1. The Balaban J connectivity index is 1.40. The van der Waals surface area contributed by atoms with Crippen molar-refractivity contribution in [3.8, 4) is 0 Å². The first-order chi connectivity index (χ1) is 11.6. The molecule has 0 aromatic carbocycles. The normalized spacial score (nSPS) is 21.4. The molecule has 8 nitrogen and oxygen atoms in total. The molecule has 1 aromatic rings. The Labute approximate surface area is 141 Å². The Morgan fingerprint density at radius 3 is 3.08 bits per heavy atom. The summed E-state index contributed by atoms with van der Waals surface area (Å²) in [5, 5.41) is 8.93. The zero-order valence-corrected chi connectivity index (χ0v) is 14.1. The standard InChI is InChI=1S/C16H25N5O3/c1-19-16(23)9-14(11-18-19)20-6-3-13(12-20)10-17-15(22)4-7-21-5-2-8-24-21/h9,11,13H,2-8,10,12H2,1H3,(H,17,22). The fourth-order valence-electron chi connectivity index (χ4n) is 3.11. The second kappa shape index (κ2) is 7.76. The monoisotopic (exact) mass is 335 g/mol. The molecule has 1 atom stereocenters. The third-order valence-corrected chi connectivity index (χ3v) is 4.61. The van der Waals surface area contributed by atoms with Gasteiger partial charge in [0, 0.05) is 52.3 Å². The summed E-state index contributed by atoms with van der Waals surface area (Å²) < 4.78 is 1.32. The van der Waals surface area contributed by atoms with E-state index in [1.54, 1.807) is 19.3 Å². The van der Waals surface area contributed by atoms with Crippen molar-refractivity contribution in [2.45, 2.75) is 19.3 Å². The van der Waals surface area contributed by atoms with Crippen LogP contribution in [0.3, 0.4) is 0 Å². The molecule has 3 heterocycles. The molecule has 0 radical (unpaired) electrons. The Kier molecular flexibility index (Phi) is 5.47. The first-order valence-electron chi connectivity index (χ1n) is 8.54. The molecule has 1 N–H and O–H groups in total. The number of hydrogen-bond acceptors (Lipinski definition) is 6. The first kappa shape index (κ1) is 16.9. The first-order valence-corrected chi connectivity index (χ1v) is 8.54. The number of nitrogens with zero attached hydrogens (tertiary/aromatic N) is 4. The smallest absolute Gasteiger partial charge is 0.268 e. The van der Waals surface area contributed by atoms with Gasteiger partial charge in [-0.3, -0.25) is 14.4 Å². The van der Waals surface area contributed by atoms with Crippen LogP contribution >= 0.6 is 0 Å². The summed E-state index contributed by atoms with van der Waals surface area (Å²) >= 11 is 0. The van der Waals surface area contributed by atoms with E-state index in [0.717, 1.165) is 44.8 Å². The van der Waals surface area contributed by atoms with Gasteiger partial charge in [-0.1, -0.05) is 0 Å². The average molecular weight is 335 g/mol. The van der Waals surface area contributed by atoms with Crippen molar-refractivity contribution >= 4 is 11.6 Å². The third-order valence-electron chi connectivity index (χ3n) is 4.61. The van der Waals surface area contributed by atoms with E-state index in [4.69, 9.17) is 4.84 Å². The summed E-state index contributed by atoms with van der Waals surface area (Å²) in [5.41, 5.74) is 0.756. The molecule has 0 saturated carbocycles. The fourth-order valence-corrected chi connectivity index (χ4v) is 3.11. The van der Waals surface area contributed by atoms with E-state index in [1.807, 2.05) is 5.06 Å². The van der Waals surface area contributed by atoms with Gasteiger partial charge in [0.1, 0.15) is 0 Å². The molecule has 8 heteroatoms. The molecular weight excluding hydrogens is 310 g/mol. The Hall–Kier alpha value is -1.93. The highest BCUT2D eigenvalue weighted by molar-refractivity contribution is 5.76. The number of amides is 1. The van der Waals surface area contributed by atoms with Crippen LogP contribution in [-0.4, -0.2) is 60.1 Å². The number of hydrogen-bond donors (Lipinski definition) is 1. The number of carbonyl (C=O) groups is 1. The molecule has 1 amide bonds. The minimum Gasteiger partial charge on any atom is -0.370 e. The van der Waals surface area contributed by atoms with E-state index in [-0.39, 0.29) is 11.5 Å². The lowest BCUT2D eigenvalue weighted by Crippen LogP contribution is -2.33. The van der Waals surface area contributed by atoms with E-state index in [2.05, 4.69) is 15.3 Å². The number of nitrogens with one attached hydrogen (secondary N) is 1. The maximum atomic E-state index is 11.9. The SMILES string of the molecule is Cn1ncc(N2CCC(CNC(=O)CCN3CCCO3)C2)cc1=O. The van der Waals surface area contributed by atoms with Gasteiger partial charge in [0.25, 0.3) is 5.56 Å². The highest BCUT2D eigenvalue weighted by Gasteiger charge is 2.24. The second-order valence-corrected chi connectivity index (χ2v) is 6.45. The molecular formula is C16H25N5O3. The Morgan fingerprint density at radius 1 is 1.46 bits per heavy atom. The van der Waals surface area contributed by atoms with Gasteiger partial charge in [-0.2, -0.15) is 10.2 Å². The molecule has 24 heavy (non-hydrogen) atoms. The van der Waals surface area contributed by atoms with Crippen LogP contribution in [0.15, 0.2) is 17.1 Å². The van der Waals surface area contributed by atoms with E-state index >= 15 is 0 Å². The van der Waals surface area contributed by atoms with Crippen LogP contribution in [0.25, 0.3) is 0 Å². The van der Waals surface area contributed by atoms with Crippen LogP contribution in [0.5, 0.6) is 0 Å². The Bertz CT molecular complexity index is 626. The van der Waals surface area contributed by atoms with E-state index in [0.29, 0.717) is 25.4 Å². The molecule has 3 rings (SSSR count). The minimum absolute atomic E-state index is 0.0687. The van der Waals surface area contributed by atoms with Crippen LogP contribution in [0.2, 0.25) is 0 Å². The molecule has 132 valence electrons. The van der Waals surface area contributed by atoms with Crippen molar-refractivity contribution in [1.82, 2.24) is 20.2 Å². The van der Waals surface area contributed by atoms with Crippen LogP contribution in [0.4, 0.5) is 5.69 Å². The molecule has 0 aliphatic carbocycles. The summed E-state index contributed by atoms with van der Waals surface area (Å²) in [6.45, 7) is 4.73. The molecule has 1 unspecified atom stereocenters. The van der Waals surface area contributed by atoms with Crippen molar-refractivity contribution in [2.24, 2.45) is 13.0 Å². The lowest BCUT2D eigenvalue weighted by atomic mass is 10.1. The van der Waals surface area contributed by atoms with Crippen LogP contribution in [0.1, 0.15) is 19.3 Å². The lowest BCUT2D eigenvalue weighted by Gasteiger charge is -2.18. The maximum absolute atomic E-state index is 11.9. The number of hydroxylamine groups is 2. The van der Waals surface area contributed by atoms with E-state index in [1.165, 1.54) is 4.68 Å². The summed E-state index contributed by atoms with van der Waals surface area (Å²) in [7, 11) is 1.64. The van der Waals surface area contributed by atoms with Crippen LogP contribution in [0, 0.1) is 5.92 Å². The van der Waals surface area contributed by atoms with E-state index < -0.39 is 0 Å². The van der Waals surface area contributed by atoms with Crippen molar-refractivity contribution in [1.29, 1.82) is 0 Å².